The first kappa shape index (κ1) is 11.9. The van der Waals surface area contributed by atoms with E-state index in [2.05, 4.69) is 26.8 Å². The number of nitrogens with zero attached hydrogens (tertiary/aromatic N) is 1. The largest absolute Gasteiger partial charge is 0.465 e. The van der Waals surface area contributed by atoms with Gasteiger partial charge in [-0.3, -0.25) is 5.10 Å². The van der Waals surface area contributed by atoms with Gasteiger partial charge >= 0.3 is 5.97 Å². The van der Waals surface area contributed by atoms with Gasteiger partial charge in [0.1, 0.15) is 12.0 Å². The zero-order valence-corrected chi connectivity index (χ0v) is 9.69. The van der Waals surface area contributed by atoms with Gasteiger partial charge in [-0.05, 0) is 24.1 Å². The van der Waals surface area contributed by atoms with Gasteiger partial charge in [-0.25, -0.2) is 4.79 Å². The van der Waals surface area contributed by atoms with Gasteiger partial charge in [-0.15, -0.1) is 0 Å². The van der Waals surface area contributed by atoms with Gasteiger partial charge in [0.15, 0.2) is 0 Å². The van der Waals surface area contributed by atoms with E-state index in [1.165, 1.54) is 7.11 Å². The summed E-state index contributed by atoms with van der Waals surface area (Å²) >= 11 is 0. The first-order chi connectivity index (χ1) is 8.76. The lowest BCUT2D eigenvalue weighted by atomic mass is 10.1. The van der Waals surface area contributed by atoms with Crippen molar-refractivity contribution in [3.8, 4) is 11.8 Å². The minimum atomic E-state index is -0.409. The number of aromatic amines is 1. The fourth-order valence-electron chi connectivity index (χ4n) is 1.53. The van der Waals surface area contributed by atoms with E-state index in [1.807, 2.05) is 0 Å². The van der Waals surface area contributed by atoms with Gasteiger partial charge in [0.2, 0.25) is 0 Å². The molecular formula is C13H10N2O3. The molecule has 0 atom stereocenters. The van der Waals surface area contributed by atoms with Crippen molar-refractivity contribution in [1.82, 2.24) is 10.2 Å². The number of hydrogen-bond acceptors (Lipinski definition) is 4. The zero-order valence-electron chi connectivity index (χ0n) is 9.69. The molecular weight excluding hydrogens is 232 g/mol. The third kappa shape index (κ3) is 2.23. The quantitative estimate of drug-likeness (QED) is 0.489. The molecule has 0 amide bonds. The molecule has 18 heavy (non-hydrogen) atoms. The number of aromatic nitrogens is 2. The highest BCUT2D eigenvalue weighted by atomic mass is 16.5. The Bertz CT molecular complexity index is 662. The van der Waals surface area contributed by atoms with Crippen molar-refractivity contribution >= 4 is 23.2 Å². The molecule has 1 heterocycles. The van der Waals surface area contributed by atoms with Crippen LogP contribution in [0, 0.1) is 11.8 Å². The first-order valence-electron chi connectivity index (χ1n) is 5.25. The average molecular weight is 242 g/mol. The zero-order chi connectivity index (χ0) is 13.0. The van der Waals surface area contributed by atoms with Crippen molar-refractivity contribution in [3.63, 3.8) is 0 Å². The summed E-state index contributed by atoms with van der Waals surface area (Å²) in [6.07, 6.45) is 0.918. The molecule has 1 N–H and O–H groups in total. The van der Waals surface area contributed by atoms with E-state index in [0.717, 1.165) is 11.7 Å². The molecule has 2 rings (SSSR count). The fourth-order valence-corrected chi connectivity index (χ4v) is 1.53. The molecule has 0 aliphatic heterocycles. The number of esters is 1. The molecule has 5 heteroatoms. The number of hydrogen-bond donors (Lipinski definition) is 1. The maximum Gasteiger partial charge on any atom is 0.337 e. The van der Waals surface area contributed by atoms with Crippen molar-refractivity contribution in [1.29, 1.82) is 0 Å². The molecule has 0 saturated carbocycles. The Morgan fingerprint density at radius 1 is 1.56 bits per heavy atom. The summed E-state index contributed by atoms with van der Waals surface area (Å²) < 4.78 is 4.63. The minimum Gasteiger partial charge on any atom is -0.465 e. The maximum absolute atomic E-state index is 11.3. The summed E-state index contributed by atoms with van der Waals surface area (Å²) in [5.74, 6) is 5.10. The van der Waals surface area contributed by atoms with Gasteiger partial charge < -0.3 is 9.53 Å². The lowest BCUT2D eigenvalue weighted by molar-refractivity contribution is -0.107. The smallest absolute Gasteiger partial charge is 0.337 e. The van der Waals surface area contributed by atoms with Crippen LogP contribution in [-0.2, 0) is 9.53 Å². The van der Waals surface area contributed by atoms with E-state index in [0.29, 0.717) is 16.8 Å². The normalized spacial score (nSPS) is 9.61. The standard InChI is InChI=1S/C13H10N2O3/c1-18-13(17)9-5-6-10-11(4-2-3-7-16)14-15-12(10)8-9/h5-8H,3H2,1H3,(H,14,15). The van der Waals surface area contributed by atoms with Crippen LogP contribution < -0.4 is 0 Å². The number of methoxy groups -OCH3 is 1. The number of carbonyl (C=O) groups excluding carboxylic acids is 2. The Morgan fingerprint density at radius 2 is 2.39 bits per heavy atom. The van der Waals surface area contributed by atoms with Crippen LogP contribution in [-0.4, -0.2) is 29.6 Å². The summed E-state index contributed by atoms with van der Waals surface area (Å²) in [4.78, 5) is 21.5. The number of fused-ring (bicyclic) bond motifs is 1. The molecule has 0 unspecified atom stereocenters. The molecule has 0 aliphatic rings. The summed E-state index contributed by atoms with van der Waals surface area (Å²) in [5, 5.41) is 7.62. The van der Waals surface area contributed by atoms with Crippen LogP contribution in [0.1, 0.15) is 22.5 Å². The van der Waals surface area contributed by atoms with Crippen LogP contribution in [0.25, 0.3) is 10.9 Å². The fraction of sp³-hybridized carbons (Fsp3) is 0.154. The topological polar surface area (TPSA) is 72.1 Å². The molecule has 5 nitrogen and oxygen atoms in total. The van der Waals surface area contributed by atoms with Crippen LogP contribution >= 0.6 is 0 Å². The molecule has 2 aromatic rings. The van der Waals surface area contributed by atoms with Gasteiger partial charge in [0.25, 0.3) is 0 Å². The molecule has 90 valence electrons. The van der Waals surface area contributed by atoms with Crippen LogP contribution in [0.3, 0.4) is 0 Å². The minimum absolute atomic E-state index is 0.181. The Morgan fingerprint density at radius 3 is 3.11 bits per heavy atom. The van der Waals surface area contributed by atoms with Gasteiger partial charge in [0.05, 0.1) is 24.6 Å². The van der Waals surface area contributed by atoms with Crippen LogP contribution in [0.5, 0.6) is 0 Å². The second-order valence-corrected chi connectivity index (χ2v) is 3.49. The summed E-state index contributed by atoms with van der Waals surface area (Å²) in [6, 6.07) is 5.02. The lowest BCUT2D eigenvalue weighted by Crippen LogP contribution is -2.00. The molecule has 0 spiro atoms. The molecule has 0 aliphatic carbocycles. The highest BCUT2D eigenvalue weighted by molar-refractivity contribution is 5.95. The average Bonchev–Trinajstić information content (AvgIpc) is 2.80. The lowest BCUT2D eigenvalue weighted by Gasteiger charge is -1.97. The van der Waals surface area contributed by atoms with Crippen LogP contribution in [0.2, 0.25) is 0 Å². The number of rotatable bonds is 2. The first-order valence-corrected chi connectivity index (χ1v) is 5.25. The molecule has 0 radical (unpaired) electrons. The van der Waals surface area contributed by atoms with Gasteiger partial charge in [-0.2, -0.15) is 5.10 Å². The van der Waals surface area contributed by atoms with Crippen molar-refractivity contribution in [3.05, 3.63) is 29.5 Å². The van der Waals surface area contributed by atoms with E-state index in [9.17, 15) is 9.59 Å². The number of benzene rings is 1. The maximum atomic E-state index is 11.3. The highest BCUT2D eigenvalue weighted by Gasteiger charge is 2.09. The summed E-state index contributed by atoms with van der Waals surface area (Å²) in [7, 11) is 1.33. The number of H-pyrrole nitrogens is 1. The number of nitrogens with one attached hydrogen (secondary N) is 1. The van der Waals surface area contributed by atoms with E-state index in [4.69, 9.17) is 0 Å². The van der Waals surface area contributed by atoms with Crippen LogP contribution in [0.4, 0.5) is 0 Å². The Balaban J connectivity index is 2.41. The Hall–Kier alpha value is -2.61. The molecule has 1 aromatic heterocycles. The van der Waals surface area contributed by atoms with E-state index >= 15 is 0 Å². The van der Waals surface area contributed by atoms with E-state index in [-0.39, 0.29) is 6.42 Å². The summed E-state index contributed by atoms with van der Waals surface area (Å²) in [5.41, 5.74) is 1.69. The number of carbonyl (C=O) groups is 2. The van der Waals surface area contributed by atoms with Crippen LogP contribution in [0.15, 0.2) is 18.2 Å². The monoisotopic (exact) mass is 242 g/mol. The van der Waals surface area contributed by atoms with Crippen molar-refractivity contribution in [2.75, 3.05) is 7.11 Å². The van der Waals surface area contributed by atoms with E-state index < -0.39 is 5.97 Å². The SMILES string of the molecule is COC(=O)c1ccc2c(C#CCC=O)[nH]nc2c1. The molecule has 0 fully saturated rings. The van der Waals surface area contributed by atoms with Crippen molar-refractivity contribution < 1.29 is 14.3 Å². The Labute approximate surface area is 103 Å². The second kappa shape index (κ2) is 5.15. The predicted molar refractivity (Wildman–Crippen MR) is 65.0 cm³/mol. The Kier molecular flexibility index (Phi) is 3.39. The second-order valence-electron chi connectivity index (χ2n) is 3.49. The van der Waals surface area contributed by atoms with Gasteiger partial charge in [0, 0.05) is 5.39 Å². The molecule has 0 saturated heterocycles. The molecule has 1 aromatic carbocycles. The predicted octanol–water partition coefficient (Wildman–Crippen LogP) is 1.29. The third-order valence-electron chi connectivity index (χ3n) is 2.38. The summed E-state index contributed by atoms with van der Waals surface area (Å²) in [6.45, 7) is 0. The number of ether oxygens (including phenoxy) is 1. The number of aldehydes is 1. The van der Waals surface area contributed by atoms with Gasteiger partial charge in [-0.1, -0.05) is 5.92 Å². The highest BCUT2D eigenvalue weighted by Crippen LogP contribution is 2.17. The third-order valence-corrected chi connectivity index (χ3v) is 2.38. The van der Waals surface area contributed by atoms with Crippen molar-refractivity contribution in [2.24, 2.45) is 0 Å². The van der Waals surface area contributed by atoms with Crippen molar-refractivity contribution in [2.45, 2.75) is 6.42 Å². The van der Waals surface area contributed by atoms with E-state index in [1.54, 1.807) is 18.2 Å². The molecule has 0 bridgehead atoms.